The molecule has 1 aromatic carbocycles. The molecule has 0 amide bonds. The number of imidazole rings is 1. The summed E-state index contributed by atoms with van der Waals surface area (Å²) in [6.45, 7) is 3.62. The van der Waals surface area contributed by atoms with Crippen LogP contribution in [0, 0.1) is 0 Å². The van der Waals surface area contributed by atoms with Crippen LogP contribution in [0.25, 0.3) is 11.0 Å². The van der Waals surface area contributed by atoms with E-state index in [1.807, 2.05) is 24.4 Å². The molecule has 0 atom stereocenters. The first-order valence-electron chi connectivity index (χ1n) is 7.49. The van der Waals surface area contributed by atoms with Crippen molar-refractivity contribution in [3.05, 3.63) is 42.1 Å². The Balaban J connectivity index is 1.55. The summed E-state index contributed by atoms with van der Waals surface area (Å²) >= 11 is 0. The number of rotatable bonds is 5. The largest absolute Gasteiger partial charge is 0.444 e. The first kappa shape index (κ1) is 12.4. The molecule has 1 N–H and O–H groups in total. The average molecular weight is 282 g/mol. The van der Waals surface area contributed by atoms with Gasteiger partial charge in [-0.1, -0.05) is 12.1 Å². The lowest BCUT2D eigenvalue weighted by Crippen LogP contribution is -2.06. The van der Waals surface area contributed by atoms with Gasteiger partial charge in [0.2, 0.25) is 5.95 Å². The monoisotopic (exact) mass is 282 g/mol. The molecule has 2 heterocycles. The van der Waals surface area contributed by atoms with Crippen molar-refractivity contribution in [3.63, 3.8) is 0 Å². The van der Waals surface area contributed by atoms with Crippen molar-refractivity contribution in [2.24, 2.45) is 0 Å². The van der Waals surface area contributed by atoms with Crippen LogP contribution in [0.4, 0.5) is 5.95 Å². The second kappa shape index (κ2) is 4.91. The van der Waals surface area contributed by atoms with Crippen molar-refractivity contribution in [3.8, 4) is 0 Å². The standard InChI is InChI=1S/C16H18N4O/c1-2-20-14-6-4-3-5-13(14)19-16(20)18-10-12-9-17-15(21-12)11-7-8-11/h3-6,9,11H,2,7-8,10H2,1H3,(H,18,19). The maximum Gasteiger partial charge on any atom is 0.204 e. The van der Waals surface area contributed by atoms with E-state index >= 15 is 0 Å². The van der Waals surface area contributed by atoms with Crippen LogP contribution >= 0.6 is 0 Å². The molecule has 5 nitrogen and oxygen atoms in total. The fraction of sp³-hybridized carbons (Fsp3) is 0.375. The van der Waals surface area contributed by atoms with Crippen LogP contribution in [0.3, 0.4) is 0 Å². The van der Waals surface area contributed by atoms with Gasteiger partial charge in [-0.25, -0.2) is 9.97 Å². The predicted molar refractivity (Wildman–Crippen MR) is 81.2 cm³/mol. The number of anilines is 1. The summed E-state index contributed by atoms with van der Waals surface area (Å²) < 4.78 is 7.94. The zero-order chi connectivity index (χ0) is 14.2. The average Bonchev–Trinajstić information content (AvgIpc) is 3.14. The molecule has 21 heavy (non-hydrogen) atoms. The van der Waals surface area contributed by atoms with Gasteiger partial charge >= 0.3 is 0 Å². The van der Waals surface area contributed by atoms with E-state index < -0.39 is 0 Å². The lowest BCUT2D eigenvalue weighted by molar-refractivity contribution is 0.461. The van der Waals surface area contributed by atoms with Gasteiger partial charge in [0.1, 0.15) is 5.76 Å². The molecule has 1 aliphatic rings. The molecule has 0 spiro atoms. The van der Waals surface area contributed by atoms with Gasteiger partial charge in [0.05, 0.1) is 23.8 Å². The molecule has 3 aromatic rings. The summed E-state index contributed by atoms with van der Waals surface area (Å²) in [7, 11) is 0. The van der Waals surface area contributed by atoms with Crippen molar-refractivity contribution in [1.29, 1.82) is 0 Å². The Kier molecular flexibility index (Phi) is 2.91. The number of nitrogens with one attached hydrogen (secondary N) is 1. The molecule has 4 rings (SSSR count). The van der Waals surface area contributed by atoms with Gasteiger partial charge in [-0.05, 0) is 31.9 Å². The van der Waals surface area contributed by atoms with Crippen LogP contribution < -0.4 is 5.32 Å². The molecule has 1 saturated carbocycles. The number of aromatic nitrogens is 3. The molecule has 0 radical (unpaired) electrons. The van der Waals surface area contributed by atoms with Crippen molar-refractivity contribution < 1.29 is 4.42 Å². The Labute approximate surface area is 123 Å². The number of nitrogens with zero attached hydrogens (tertiary/aromatic N) is 3. The number of aryl methyl sites for hydroxylation is 1. The van der Waals surface area contributed by atoms with Crippen molar-refractivity contribution >= 4 is 17.0 Å². The fourth-order valence-corrected chi connectivity index (χ4v) is 2.62. The van der Waals surface area contributed by atoms with Crippen molar-refractivity contribution in [2.75, 3.05) is 5.32 Å². The van der Waals surface area contributed by atoms with E-state index in [2.05, 4.69) is 32.8 Å². The summed E-state index contributed by atoms with van der Waals surface area (Å²) in [5.74, 6) is 3.18. The zero-order valence-corrected chi connectivity index (χ0v) is 12.0. The van der Waals surface area contributed by atoms with E-state index in [0.29, 0.717) is 12.5 Å². The SMILES string of the molecule is CCn1c(NCc2cnc(C3CC3)o2)nc2ccccc21. The third-order valence-electron chi connectivity index (χ3n) is 3.89. The minimum Gasteiger partial charge on any atom is -0.444 e. The minimum absolute atomic E-state index is 0.555. The highest BCUT2D eigenvalue weighted by Gasteiger charge is 2.28. The lowest BCUT2D eigenvalue weighted by Gasteiger charge is -2.06. The smallest absolute Gasteiger partial charge is 0.204 e. The molecule has 5 heteroatoms. The van der Waals surface area contributed by atoms with Crippen molar-refractivity contribution in [2.45, 2.75) is 38.8 Å². The van der Waals surface area contributed by atoms with Crippen LogP contribution in [-0.4, -0.2) is 14.5 Å². The maximum absolute atomic E-state index is 5.77. The molecule has 108 valence electrons. The van der Waals surface area contributed by atoms with E-state index in [1.54, 1.807) is 0 Å². The Morgan fingerprint density at radius 2 is 2.19 bits per heavy atom. The maximum atomic E-state index is 5.77. The number of fused-ring (bicyclic) bond motifs is 1. The molecule has 0 unspecified atom stereocenters. The molecular weight excluding hydrogens is 264 g/mol. The van der Waals surface area contributed by atoms with Gasteiger partial charge in [-0.2, -0.15) is 0 Å². The molecule has 0 saturated heterocycles. The van der Waals surface area contributed by atoms with Crippen LogP contribution in [0.2, 0.25) is 0 Å². The molecular formula is C16H18N4O. The number of hydrogen-bond acceptors (Lipinski definition) is 4. The Morgan fingerprint density at radius 1 is 1.33 bits per heavy atom. The highest BCUT2D eigenvalue weighted by molar-refractivity contribution is 5.78. The minimum atomic E-state index is 0.555. The van der Waals surface area contributed by atoms with Gasteiger partial charge < -0.3 is 14.3 Å². The Bertz CT molecular complexity index is 770. The van der Waals surface area contributed by atoms with E-state index in [-0.39, 0.29) is 0 Å². The quantitative estimate of drug-likeness (QED) is 0.777. The van der Waals surface area contributed by atoms with E-state index in [9.17, 15) is 0 Å². The zero-order valence-electron chi connectivity index (χ0n) is 12.0. The molecule has 0 aliphatic heterocycles. The van der Waals surface area contributed by atoms with Gasteiger partial charge in [0, 0.05) is 12.5 Å². The van der Waals surface area contributed by atoms with Crippen LogP contribution in [-0.2, 0) is 13.1 Å². The normalized spacial score (nSPS) is 14.7. The summed E-state index contributed by atoms with van der Waals surface area (Å²) in [6, 6.07) is 8.18. The lowest BCUT2D eigenvalue weighted by atomic mass is 10.3. The third-order valence-corrected chi connectivity index (χ3v) is 3.89. The summed E-state index contributed by atoms with van der Waals surface area (Å²) in [5.41, 5.74) is 2.16. The number of benzene rings is 1. The highest BCUT2D eigenvalue weighted by Crippen LogP contribution is 2.39. The second-order valence-corrected chi connectivity index (χ2v) is 5.46. The topological polar surface area (TPSA) is 55.9 Å². The van der Waals surface area contributed by atoms with Gasteiger partial charge in [0.25, 0.3) is 0 Å². The van der Waals surface area contributed by atoms with Crippen LogP contribution in [0.15, 0.2) is 34.9 Å². The van der Waals surface area contributed by atoms with E-state index in [4.69, 9.17) is 4.42 Å². The molecule has 2 aromatic heterocycles. The van der Waals surface area contributed by atoms with Crippen molar-refractivity contribution in [1.82, 2.24) is 14.5 Å². The van der Waals surface area contributed by atoms with Gasteiger partial charge in [-0.3, -0.25) is 0 Å². The number of para-hydroxylation sites is 2. The Morgan fingerprint density at radius 3 is 3.00 bits per heavy atom. The van der Waals surface area contributed by atoms with Gasteiger partial charge in [0.15, 0.2) is 5.89 Å². The predicted octanol–water partition coefficient (Wildman–Crippen LogP) is 3.53. The summed E-state index contributed by atoms with van der Waals surface area (Å²) in [5, 5.41) is 3.36. The van der Waals surface area contributed by atoms with Crippen LogP contribution in [0.1, 0.15) is 37.3 Å². The van der Waals surface area contributed by atoms with E-state index in [0.717, 1.165) is 35.2 Å². The molecule has 1 fully saturated rings. The first-order chi connectivity index (χ1) is 10.3. The summed E-state index contributed by atoms with van der Waals surface area (Å²) in [6.07, 6.45) is 4.23. The highest BCUT2D eigenvalue weighted by atomic mass is 16.4. The third kappa shape index (κ3) is 2.28. The molecule has 0 bridgehead atoms. The fourth-order valence-electron chi connectivity index (χ4n) is 2.62. The summed E-state index contributed by atoms with van der Waals surface area (Å²) in [4.78, 5) is 8.98. The second-order valence-electron chi connectivity index (χ2n) is 5.46. The Hall–Kier alpha value is -2.30. The van der Waals surface area contributed by atoms with Crippen LogP contribution in [0.5, 0.6) is 0 Å². The first-order valence-corrected chi connectivity index (χ1v) is 7.49. The molecule has 1 aliphatic carbocycles. The number of oxazole rings is 1. The van der Waals surface area contributed by atoms with Gasteiger partial charge in [-0.15, -0.1) is 0 Å². The van der Waals surface area contributed by atoms with E-state index in [1.165, 1.54) is 12.8 Å². The number of hydrogen-bond donors (Lipinski definition) is 1.